The number of nitrogens with one attached hydrogen (secondary N) is 1. The van der Waals surface area contributed by atoms with Crippen LogP contribution in [0.4, 0.5) is 11.5 Å². The summed E-state index contributed by atoms with van der Waals surface area (Å²) in [6.07, 6.45) is 5.70. The minimum absolute atomic E-state index is 0.337. The normalized spacial score (nSPS) is 15.8. The van der Waals surface area contributed by atoms with Crippen molar-refractivity contribution in [2.24, 2.45) is 0 Å². The number of halogens is 1. The summed E-state index contributed by atoms with van der Waals surface area (Å²) in [4.78, 5) is 9.55. The van der Waals surface area contributed by atoms with E-state index in [1.807, 2.05) is 24.4 Å². The largest absolute Gasteiger partial charge is 0.338 e. The standard InChI is InChI=1S/C25H21BrN4/c1-25(13-5-14-25)17-11-9-16(10-12-17)21-22(26)29-24-18-6-2-3-7-19(18)28-23-20(30(21)24)8-4-15-27-23/h2-4,6-12,15H,5,13-14H2,1H3,(H,27,28). The lowest BCUT2D eigenvalue weighted by Crippen LogP contribution is -2.30. The van der Waals surface area contributed by atoms with Gasteiger partial charge in [0.15, 0.2) is 5.82 Å². The van der Waals surface area contributed by atoms with Gasteiger partial charge in [-0.05, 0) is 64.0 Å². The number of imidazole rings is 1. The third kappa shape index (κ3) is 2.58. The molecule has 1 N–H and O–H groups in total. The number of benzene rings is 2. The summed E-state index contributed by atoms with van der Waals surface area (Å²) in [5.41, 5.74) is 7.01. The number of aromatic nitrogens is 3. The Morgan fingerprint density at radius 2 is 1.80 bits per heavy atom. The molecule has 0 bridgehead atoms. The van der Waals surface area contributed by atoms with E-state index < -0.39 is 0 Å². The van der Waals surface area contributed by atoms with Crippen molar-refractivity contribution in [2.45, 2.75) is 31.6 Å². The zero-order chi connectivity index (χ0) is 20.3. The summed E-state index contributed by atoms with van der Waals surface area (Å²) in [6.45, 7) is 2.37. The highest BCUT2D eigenvalue weighted by molar-refractivity contribution is 9.10. The molecule has 1 aliphatic carbocycles. The minimum atomic E-state index is 0.337. The molecule has 1 aliphatic heterocycles. The number of pyridine rings is 1. The lowest BCUT2D eigenvalue weighted by atomic mass is 9.66. The molecule has 1 fully saturated rings. The third-order valence-electron chi connectivity index (χ3n) is 6.60. The molecule has 0 amide bonds. The van der Waals surface area contributed by atoms with Crippen LogP contribution < -0.4 is 5.32 Å². The molecule has 0 spiro atoms. The first-order valence-corrected chi connectivity index (χ1v) is 11.1. The fourth-order valence-corrected chi connectivity index (χ4v) is 5.25. The second kappa shape index (κ2) is 6.54. The van der Waals surface area contributed by atoms with Crippen molar-refractivity contribution < 1.29 is 0 Å². The Kier molecular flexibility index (Phi) is 3.90. The van der Waals surface area contributed by atoms with Gasteiger partial charge in [-0.1, -0.05) is 49.7 Å². The van der Waals surface area contributed by atoms with Gasteiger partial charge in [0.25, 0.3) is 0 Å². The van der Waals surface area contributed by atoms with E-state index >= 15 is 0 Å². The van der Waals surface area contributed by atoms with Crippen LogP contribution in [0, 0.1) is 0 Å². The van der Waals surface area contributed by atoms with Crippen molar-refractivity contribution in [3.05, 3.63) is 77.0 Å². The molecule has 5 heteroatoms. The van der Waals surface area contributed by atoms with Crippen molar-refractivity contribution >= 4 is 27.4 Å². The Morgan fingerprint density at radius 3 is 2.57 bits per heavy atom. The Morgan fingerprint density at radius 1 is 1.00 bits per heavy atom. The predicted molar refractivity (Wildman–Crippen MR) is 124 cm³/mol. The Bertz CT molecular complexity index is 1270. The van der Waals surface area contributed by atoms with Gasteiger partial charge in [0.1, 0.15) is 10.4 Å². The van der Waals surface area contributed by atoms with Gasteiger partial charge >= 0.3 is 0 Å². The SMILES string of the molecule is CC1(c2ccc(-c3c(Br)nc4n3-c3cccnc3Nc3ccccc3-4)cc2)CCC1. The zero-order valence-corrected chi connectivity index (χ0v) is 18.3. The second-order valence-corrected chi connectivity index (χ2v) is 9.19. The van der Waals surface area contributed by atoms with Crippen molar-refractivity contribution in [1.29, 1.82) is 0 Å². The van der Waals surface area contributed by atoms with Gasteiger partial charge < -0.3 is 5.32 Å². The molecule has 1 saturated carbocycles. The Hall–Kier alpha value is -2.92. The van der Waals surface area contributed by atoms with Crippen LogP contribution in [-0.4, -0.2) is 14.5 Å². The molecule has 0 radical (unpaired) electrons. The number of para-hydroxylation sites is 1. The molecule has 4 aromatic rings. The molecule has 3 heterocycles. The van der Waals surface area contributed by atoms with Crippen LogP contribution in [0.3, 0.4) is 0 Å². The Balaban J connectivity index is 1.58. The van der Waals surface area contributed by atoms with Crippen molar-refractivity contribution in [3.63, 3.8) is 0 Å². The monoisotopic (exact) mass is 456 g/mol. The first-order valence-electron chi connectivity index (χ1n) is 10.3. The maximum atomic E-state index is 4.94. The van der Waals surface area contributed by atoms with Crippen molar-refractivity contribution in [1.82, 2.24) is 14.5 Å². The van der Waals surface area contributed by atoms with Gasteiger partial charge in [-0.15, -0.1) is 0 Å². The first kappa shape index (κ1) is 17.9. The van der Waals surface area contributed by atoms with E-state index in [0.717, 1.165) is 44.4 Å². The van der Waals surface area contributed by atoms with E-state index in [0.29, 0.717) is 5.41 Å². The number of fused-ring (bicyclic) bond motifs is 5. The van der Waals surface area contributed by atoms with E-state index in [4.69, 9.17) is 4.98 Å². The number of anilines is 2. The number of nitrogens with zero attached hydrogens (tertiary/aromatic N) is 3. The molecule has 4 nitrogen and oxygen atoms in total. The number of hydrogen-bond donors (Lipinski definition) is 1. The van der Waals surface area contributed by atoms with E-state index in [1.54, 1.807) is 0 Å². The molecule has 0 unspecified atom stereocenters. The Labute approximate surface area is 184 Å². The highest BCUT2D eigenvalue weighted by Crippen LogP contribution is 2.45. The van der Waals surface area contributed by atoms with E-state index in [2.05, 4.69) is 80.2 Å². The molecule has 0 saturated heterocycles. The lowest BCUT2D eigenvalue weighted by molar-refractivity contribution is 0.272. The second-order valence-electron chi connectivity index (χ2n) is 8.44. The third-order valence-corrected chi connectivity index (χ3v) is 7.15. The van der Waals surface area contributed by atoms with Crippen LogP contribution in [0.5, 0.6) is 0 Å². The van der Waals surface area contributed by atoms with Crippen LogP contribution in [0.1, 0.15) is 31.7 Å². The van der Waals surface area contributed by atoms with Crippen molar-refractivity contribution in [3.8, 4) is 28.3 Å². The summed E-state index contributed by atoms with van der Waals surface area (Å²) >= 11 is 3.75. The molecule has 2 aromatic carbocycles. The van der Waals surface area contributed by atoms with Gasteiger partial charge in [0.2, 0.25) is 0 Å². The highest BCUT2D eigenvalue weighted by Gasteiger charge is 2.33. The van der Waals surface area contributed by atoms with Gasteiger partial charge in [0, 0.05) is 17.3 Å². The van der Waals surface area contributed by atoms with Gasteiger partial charge in [-0.25, -0.2) is 9.97 Å². The molecule has 148 valence electrons. The maximum Gasteiger partial charge on any atom is 0.154 e. The smallest absolute Gasteiger partial charge is 0.154 e. The highest BCUT2D eigenvalue weighted by atomic mass is 79.9. The summed E-state index contributed by atoms with van der Waals surface area (Å²) < 4.78 is 3.05. The minimum Gasteiger partial charge on any atom is -0.338 e. The van der Waals surface area contributed by atoms with Gasteiger partial charge in [-0.3, -0.25) is 4.57 Å². The van der Waals surface area contributed by atoms with Crippen LogP contribution in [-0.2, 0) is 5.41 Å². The molecular formula is C25H21BrN4. The number of rotatable bonds is 2. The fourth-order valence-electron chi connectivity index (χ4n) is 4.67. The fraction of sp³-hybridized carbons (Fsp3) is 0.200. The van der Waals surface area contributed by atoms with E-state index in [1.165, 1.54) is 24.8 Å². The van der Waals surface area contributed by atoms with Crippen LogP contribution in [0.2, 0.25) is 0 Å². The lowest BCUT2D eigenvalue weighted by Gasteiger charge is -2.39. The first-order chi connectivity index (χ1) is 14.6. The topological polar surface area (TPSA) is 42.7 Å². The van der Waals surface area contributed by atoms with E-state index in [9.17, 15) is 0 Å². The summed E-state index contributed by atoms with van der Waals surface area (Å²) in [5, 5.41) is 3.49. The maximum absolute atomic E-state index is 4.94. The molecule has 30 heavy (non-hydrogen) atoms. The average Bonchev–Trinajstić information content (AvgIpc) is 3.03. The van der Waals surface area contributed by atoms with Gasteiger partial charge in [0.05, 0.1) is 17.1 Å². The quantitative estimate of drug-likeness (QED) is 0.315. The molecule has 2 aliphatic rings. The van der Waals surface area contributed by atoms with Crippen LogP contribution >= 0.6 is 15.9 Å². The van der Waals surface area contributed by atoms with Crippen molar-refractivity contribution in [2.75, 3.05) is 5.32 Å². The van der Waals surface area contributed by atoms with Crippen LogP contribution in [0.15, 0.2) is 71.5 Å². The molecular weight excluding hydrogens is 436 g/mol. The average molecular weight is 457 g/mol. The molecule has 2 aromatic heterocycles. The summed E-state index contributed by atoms with van der Waals surface area (Å²) in [6, 6.07) is 21.3. The summed E-state index contributed by atoms with van der Waals surface area (Å²) in [7, 11) is 0. The molecule has 6 rings (SSSR count). The van der Waals surface area contributed by atoms with E-state index in [-0.39, 0.29) is 0 Å². The summed E-state index contributed by atoms with van der Waals surface area (Å²) in [5.74, 6) is 1.73. The predicted octanol–water partition coefficient (Wildman–Crippen LogP) is 6.86. The van der Waals surface area contributed by atoms with Crippen LogP contribution in [0.25, 0.3) is 28.3 Å². The van der Waals surface area contributed by atoms with Gasteiger partial charge in [-0.2, -0.15) is 0 Å². The zero-order valence-electron chi connectivity index (χ0n) is 16.7. The molecule has 0 atom stereocenters. The number of hydrogen-bond acceptors (Lipinski definition) is 3.